The molecule has 1 saturated heterocycles. The summed E-state index contributed by atoms with van der Waals surface area (Å²) >= 11 is 12.2. The van der Waals surface area contributed by atoms with E-state index in [1.54, 1.807) is 12.3 Å². The number of aromatic amines is 1. The molecule has 1 aliphatic heterocycles. The van der Waals surface area contributed by atoms with E-state index in [0.29, 0.717) is 23.1 Å². The molecular formula is C20H19Cl2N3O2. The number of nitrogens with zero attached hydrogens (tertiary/aromatic N) is 2. The van der Waals surface area contributed by atoms with Crippen molar-refractivity contribution in [1.29, 1.82) is 0 Å². The number of benzene rings is 2. The van der Waals surface area contributed by atoms with Crippen LogP contribution in [0.25, 0.3) is 10.9 Å². The summed E-state index contributed by atoms with van der Waals surface area (Å²) in [6.07, 6.45) is 1.78. The van der Waals surface area contributed by atoms with Crippen LogP contribution < -0.4 is 4.90 Å². The van der Waals surface area contributed by atoms with Crippen molar-refractivity contribution >= 4 is 45.8 Å². The zero-order valence-electron chi connectivity index (χ0n) is 14.5. The van der Waals surface area contributed by atoms with Crippen LogP contribution >= 0.6 is 23.2 Å². The fourth-order valence-corrected chi connectivity index (χ4v) is 4.09. The number of hydrogen-bond donors (Lipinski definition) is 2. The Morgan fingerprint density at radius 2 is 1.78 bits per heavy atom. The average molecular weight is 404 g/mol. The molecule has 3 aromatic rings. The molecule has 5 nitrogen and oxygen atoms in total. The zero-order valence-corrected chi connectivity index (χ0v) is 16.0. The summed E-state index contributed by atoms with van der Waals surface area (Å²) in [5.41, 5.74) is 2.70. The highest BCUT2D eigenvalue weighted by atomic mass is 35.5. The molecule has 0 bridgehead atoms. The number of carboxylic acid groups (broad SMARTS) is 1. The Balaban J connectivity index is 1.57. The number of anilines is 1. The van der Waals surface area contributed by atoms with Crippen molar-refractivity contribution in [3.8, 4) is 0 Å². The summed E-state index contributed by atoms with van der Waals surface area (Å²) in [5.74, 6) is -0.855. The zero-order chi connectivity index (χ0) is 19.0. The average Bonchev–Trinajstić information content (AvgIpc) is 3.05. The van der Waals surface area contributed by atoms with E-state index in [1.807, 2.05) is 41.3 Å². The second-order valence-electron chi connectivity index (χ2n) is 6.68. The predicted molar refractivity (Wildman–Crippen MR) is 109 cm³/mol. The van der Waals surface area contributed by atoms with Gasteiger partial charge in [0.1, 0.15) is 6.04 Å². The van der Waals surface area contributed by atoms with Gasteiger partial charge in [-0.05, 0) is 36.4 Å². The van der Waals surface area contributed by atoms with Crippen molar-refractivity contribution in [1.82, 2.24) is 9.88 Å². The maximum atomic E-state index is 12.1. The van der Waals surface area contributed by atoms with Crippen LogP contribution in [0, 0.1) is 0 Å². The molecule has 1 atom stereocenters. The molecule has 1 aromatic heterocycles. The summed E-state index contributed by atoms with van der Waals surface area (Å²) in [5, 5.41) is 12.1. The number of carbonyl (C=O) groups is 1. The molecule has 1 fully saturated rings. The smallest absolute Gasteiger partial charge is 0.325 e. The molecule has 0 spiro atoms. The quantitative estimate of drug-likeness (QED) is 0.676. The number of nitrogens with one attached hydrogen (secondary N) is 1. The van der Waals surface area contributed by atoms with Gasteiger partial charge in [-0.3, -0.25) is 9.69 Å². The Labute approximate surface area is 167 Å². The van der Waals surface area contributed by atoms with Gasteiger partial charge < -0.3 is 15.0 Å². The molecule has 2 aromatic carbocycles. The molecule has 140 valence electrons. The maximum Gasteiger partial charge on any atom is 0.325 e. The van der Waals surface area contributed by atoms with Gasteiger partial charge in [-0.1, -0.05) is 29.3 Å². The maximum absolute atomic E-state index is 12.1. The first-order chi connectivity index (χ1) is 13.0. The molecule has 7 heteroatoms. The number of rotatable bonds is 4. The van der Waals surface area contributed by atoms with Gasteiger partial charge in [0.25, 0.3) is 0 Å². The first-order valence-electron chi connectivity index (χ1n) is 8.77. The number of hydrogen-bond acceptors (Lipinski definition) is 3. The molecule has 0 saturated carbocycles. The summed E-state index contributed by atoms with van der Waals surface area (Å²) in [4.78, 5) is 19.5. The van der Waals surface area contributed by atoms with Crippen molar-refractivity contribution < 1.29 is 9.90 Å². The van der Waals surface area contributed by atoms with Crippen LogP contribution in [0.3, 0.4) is 0 Å². The molecule has 0 amide bonds. The van der Waals surface area contributed by atoms with E-state index in [1.165, 1.54) is 0 Å². The SMILES string of the molecule is O=C(O)[C@H](c1c[nH]c2ccc(Cl)cc12)N1CCN(c2cccc(Cl)c2)CC1. The molecule has 0 radical (unpaired) electrons. The summed E-state index contributed by atoms with van der Waals surface area (Å²) < 4.78 is 0. The number of halogens is 2. The van der Waals surface area contributed by atoms with Crippen LogP contribution in [0.5, 0.6) is 0 Å². The molecule has 2 heterocycles. The Kier molecular flexibility index (Phi) is 5.00. The van der Waals surface area contributed by atoms with E-state index < -0.39 is 12.0 Å². The van der Waals surface area contributed by atoms with E-state index in [4.69, 9.17) is 23.2 Å². The van der Waals surface area contributed by atoms with Gasteiger partial charge in [0.05, 0.1) is 0 Å². The molecule has 27 heavy (non-hydrogen) atoms. The Bertz CT molecular complexity index is 980. The number of carboxylic acids is 1. The topological polar surface area (TPSA) is 59.6 Å². The standard InChI is InChI=1S/C20H19Cl2N3O2/c21-13-2-1-3-15(10-13)24-6-8-25(9-7-24)19(20(26)27)17-12-23-18-5-4-14(22)11-16(17)18/h1-5,10-12,19,23H,6-9H2,(H,26,27)/t19-/m0/s1. The summed E-state index contributed by atoms with van der Waals surface area (Å²) in [7, 11) is 0. The number of aromatic nitrogens is 1. The van der Waals surface area contributed by atoms with E-state index >= 15 is 0 Å². The monoisotopic (exact) mass is 403 g/mol. The van der Waals surface area contributed by atoms with Crippen molar-refractivity contribution in [2.75, 3.05) is 31.1 Å². The third kappa shape index (κ3) is 3.63. The fraction of sp³-hybridized carbons (Fsp3) is 0.250. The lowest BCUT2D eigenvalue weighted by molar-refractivity contribution is -0.143. The highest BCUT2D eigenvalue weighted by Gasteiger charge is 2.32. The predicted octanol–water partition coefficient (Wildman–Crippen LogP) is 4.42. The molecule has 4 rings (SSSR count). The second kappa shape index (κ2) is 7.43. The van der Waals surface area contributed by atoms with Gasteiger partial charge in [0.15, 0.2) is 0 Å². The van der Waals surface area contributed by atoms with Gasteiger partial charge >= 0.3 is 5.97 Å². The second-order valence-corrected chi connectivity index (χ2v) is 7.55. The Morgan fingerprint density at radius 3 is 2.48 bits per heavy atom. The number of H-pyrrole nitrogens is 1. The summed E-state index contributed by atoms with van der Waals surface area (Å²) in [6.45, 7) is 2.79. The normalized spacial score (nSPS) is 16.6. The Hall–Kier alpha value is -2.21. The van der Waals surface area contributed by atoms with Crippen LogP contribution in [0.15, 0.2) is 48.7 Å². The van der Waals surface area contributed by atoms with Gasteiger partial charge in [0, 0.05) is 64.6 Å². The highest BCUT2D eigenvalue weighted by molar-refractivity contribution is 6.31. The lowest BCUT2D eigenvalue weighted by Gasteiger charge is -2.38. The van der Waals surface area contributed by atoms with Crippen LogP contribution in [-0.4, -0.2) is 47.1 Å². The van der Waals surface area contributed by atoms with Gasteiger partial charge in [0.2, 0.25) is 0 Å². The largest absolute Gasteiger partial charge is 0.480 e. The van der Waals surface area contributed by atoms with Crippen molar-refractivity contribution in [2.45, 2.75) is 6.04 Å². The fourth-order valence-electron chi connectivity index (χ4n) is 3.74. The van der Waals surface area contributed by atoms with Gasteiger partial charge in [-0.15, -0.1) is 0 Å². The molecule has 1 aliphatic rings. The number of aliphatic carboxylic acids is 1. The van der Waals surface area contributed by atoms with E-state index in [0.717, 1.165) is 35.2 Å². The summed E-state index contributed by atoms with van der Waals surface area (Å²) in [6, 6.07) is 12.5. The van der Waals surface area contributed by atoms with Crippen LogP contribution in [-0.2, 0) is 4.79 Å². The molecular weight excluding hydrogens is 385 g/mol. The molecule has 2 N–H and O–H groups in total. The third-order valence-electron chi connectivity index (χ3n) is 5.06. The van der Waals surface area contributed by atoms with Crippen LogP contribution in [0.2, 0.25) is 10.0 Å². The highest BCUT2D eigenvalue weighted by Crippen LogP contribution is 2.32. The molecule has 0 unspecified atom stereocenters. The minimum atomic E-state index is -0.855. The minimum Gasteiger partial charge on any atom is -0.480 e. The first kappa shape index (κ1) is 18.2. The van der Waals surface area contributed by atoms with Crippen LogP contribution in [0.4, 0.5) is 5.69 Å². The first-order valence-corrected chi connectivity index (χ1v) is 9.52. The lowest BCUT2D eigenvalue weighted by Crippen LogP contribution is -2.49. The molecule has 0 aliphatic carbocycles. The number of fused-ring (bicyclic) bond motifs is 1. The van der Waals surface area contributed by atoms with E-state index in [-0.39, 0.29) is 0 Å². The number of piperazine rings is 1. The van der Waals surface area contributed by atoms with Gasteiger partial charge in [-0.2, -0.15) is 0 Å². The van der Waals surface area contributed by atoms with Crippen LogP contribution in [0.1, 0.15) is 11.6 Å². The third-order valence-corrected chi connectivity index (χ3v) is 5.53. The van der Waals surface area contributed by atoms with Crippen molar-refractivity contribution in [2.24, 2.45) is 0 Å². The van der Waals surface area contributed by atoms with Gasteiger partial charge in [-0.25, -0.2) is 0 Å². The van der Waals surface area contributed by atoms with E-state index in [9.17, 15) is 9.90 Å². The minimum absolute atomic E-state index is 0.596. The van der Waals surface area contributed by atoms with Crippen molar-refractivity contribution in [3.63, 3.8) is 0 Å². The Morgan fingerprint density at radius 1 is 1.04 bits per heavy atom. The van der Waals surface area contributed by atoms with Crippen molar-refractivity contribution in [3.05, 3.63) is 64.3 Å². The lowest BCUT2D eigenvalue weighted by atomic mass is 10.0. The van der Waals surface area contributed by atoms with E-state index in [2.05, 4.69) is 9.88 Å².